The summed E-state index contributed by atoms with van der Waals surface area (Å²) < 4.78 is 22.9. The highest BCUT2D eigenvalue weighted by Crippen LogP contribution is 2.26. The monoisotopic (exact) mass is 276 g/mol. The molecule has 0 amide bonds. The Morgan fingerprint density at radius 2 is 2.20 bits per heavy atom. The van der Waals surface area contributed by atoms with Gasteiger partial charge >= 0.3 is 5.97 Å². The van der Waals surface area contributed by atoms with E-state index in [1.807, 2.05) is 0 Å². The first kappa shape index (κ1) is 12.0. The second kappa shape index (κ2) is 5.11. The Labute approximate surface area is 95.3 Å². The van der Waals surface area contributed by atoms with Crippen molar-refractivity contribution in [3.05, 3.63) is 28.5 Å². The minimum atomic E-state index is -0.725. The van der Waals surface area contributed by atoms with Gasteiger partial charge < -0.3 is 9.47 Å². The number of hydrogen-bond acceptors (Lipinski definition) is 3. The molecule has 0 N–H and O–H groups in total. The summed E-state index contributed by atoms with van der Waals surface area (Å²) in [6.07, 6.45) is -0.725. The molecule has 0 fully saturated rings. The number of hydrogen-bond donors (Lipinski definition) is 0. The van der Waals surface area contributed by atoms with Gasteiger partial charge in [-0.25, -0.2) is 9.18 Å². The third kappa shape index (κ3) is 3.20. The van der Waals surface area contributed by atoms with Crippen LogP contribution in [0.2, 0.25) is 0 Å². The largest absolute Gasteiger partial charge is 0.478 e. The molecule has 0 heterocycles. The zero-order valence-electron chi connectivity index (χ0n) is 8.29. The SMILES string of the molecule is COC(=O)[C@@H](C)Oc1ccc(F)cc1Br. The molecular weight excluding hydrogens is 267 g/mol. The van der Waals surface area contributed by atoms with Crippen LogP contribution in [-0.2, 0) is 9.53 Å². The fourth-order valence-electron chi connectivity index (χ4n) is 0.975. The lowest BCUT2D eigenvalue weighted by molar-refractivity contribution is -0.147. The van der Waals surface area contributed by atoms with Gasteiger partial charge in [0.2, 0.25) is 0 Å². The first-order valence-corrected chi connectivity index (χ1v) is 5.03. The van der Waals surface area contributed by atoms with Crippen molar-refractivity contribution in [3.8, 4) is 5.75 Å². The maximum Gasteiger partial charge on any atom is 0.346 e. The van der Waals surface area contributed by atoms with E-state index in [4.69, 9.17) is 4.74 Å². The molecule has 5 heteroatoms. The molecular formula is C10H10BrFO3. The lowest BCUT2D eigenvalue weighted by Crippen LogP contribution is -2.25. The Balaban J connectivity index is 2.76. The minimum Gasteiger partial charge on any atom is -0.478 e. The van der Waals surface area contributed by atoms with E-state index >= 15 is 0 Å². The highest BCUT2D eigenvalue weighted by Gasteiger charge is 2.16. The van der Waals surface area contributed by atoms with E-state index in [1.54, 1.807) is 6.92 Å². The Morgan fingerprint density at radius 1 is 1.53 bits per heavy atom. The van der Waals surface area contributed by atoms with E-state index in [9.17, 15) is 9.18 Å². The normalized spacial score (nSPS) is 12.0. The fraction of sp³-hybridized carbons (Fsp3) is 0.300. The summed E-state index contributed by atoms with van der Waals surface area (Å²) in [5.41, 5.74) is 0. The van der Waals surface area contributed by atoms with E-state index in [1.165, 1.54) is 25.3 Å². The van der Waals surface area contributed by atoms with Crippen LogP contribution in [0.15, 0.2) is 22.7 Å². The van der Waals surface area contributed by atoms with Crippen LogP contribution < -0.4 is 4.74 Å². The quantitative estimate of drug-likeness (QED) is 0.796. The van der Waals surface area contributed by atoms with Crippen LogP contribution in [0.4, 0.5) is 4.39 Å². The molecule has 0 aromatic heterocycles. The first-order valence-electron chi connectivity index (χ1n) is 4.24. The Bertz CT molecular complexity index is 368. The molecule has 1 atom stereocenters. The number of carbonyl (C=O) groups excluding carboxylic acids is 1. The second-order valence-electron chi connectivity index (χ2n) is 2.86. The van der Waals surface area contributed by atoms with Gasteiger partial charge in [0.05, 0.1) is 11.6 Å². The average molecular weight is 277 g/mol. The predicted molar refractivity (Wildman–Crippen MR) is 56.2 cm³/mol. The molecule has 1 rings (SSSR count). The van der Waals surface area contributed by atoms with Gasteiger partial charge in [-0.2, -0.15) is 0 Å². The first-order chi connectivity index (χ1) is 7.04. The van der Waals surface area contributed by atoms with Gasteiger partial charge in [-0.3, -0.25) is 0 Å². The molecule has 0 bridgehead atoms. The zero-order chi connectivity index (χ0) is 11.4. The van der Waals surface area contributed by atoms with Gasteiger partial charge in [0.15, 0.2) is 6.10 Å². The molecule has 15 heavy (non-hydrogen) atoms. The highest BCUT2D eigenvalue weighted by molar-refractivity contribution is 9.10. The van der Waals surface area contributed by atoms with Gasteiger partial charge in [0, 0.05) is 0 Å². The molecule has 0 unspecified atom stereocenters. The van der Waals surface area contributed by atoms with Crippen LogP contribution in [0.5, 0.6) is 5.75 Å². The van der Waals surface area contributed by atoms with Crippen molar-refractivity contribution in [2.75, 3.05) is 7.11 Å². The second-order valence-corrected chi connectivity index (χ2v) is 3.71. The van der Waals surface area contributed by atoms with Crippen LogP contribution >= 0.6 is 15.9 Å². The summed E-state index contributed by atoms with van der Waals surface area (Å²) in [7, 11) is 1.28. The summed E-state index contributed by atoms with van der Waals surface area (Å²) >= 11 is 3.13. The molecule has 0 saturated heterocycles. The topological polar surface area (TPSA) is 35.5 Å². The smallest absolute Gasteiger partial charge is 0.346 e. The maximum atomic E-state index is 12.7. The number of rotatable bonds is 3. The number of ether oxygens (including phenoxy) is 2. The van der Waals surface area contributed by atoms with Gasteiger partial charge in [-0.15, -0.1) is 0 Å². The summed E-state index contributed by atoms with van der Waals surface area (Å²) in [5.74, 6) is -0.458. The van der Waals surface area contributed by atoms with E-state index in [0.29, 0.717) is 10.2 Å². The fourth-order valence-corrected chi connectivity index (χ4v) is 1.42. The van der Waals surface area contributed by atoms with E-state index in [0.717, 1.165) is 0 Å². The van der Waals surface area contributed by atoms with Crippen molar-refractivity contribution in [2.24, 2.45) is 0 Å². The number of carbonyl (C=O) groups is 1. The van der Waals surface area contributed by atoms with E-state index in [-0.39, 0.29) is 5.82 Å². The lowest BCUT2D eigenvalue weighted by Gasteiger charge is -2.13. The maximum absolute atomic E-state index is 12.7. The van der Waals surface area contributed by atoms with Crippen LogP contribution in [0.25, 0.3) is 0 Å². The Morgan fingerprint density at radius 3 is 2.73 bits per heavy atom. The summed E-state index contributed by atoms with van der Waals surface area (Å²) in [6.45, 7) is 1.56. The molecule has 0 aliphatic carbocycles. The molecule has 0 aliphatic heterocycles. The van der Waals surface area contributed by atoms with Crippen molar-refractivity contribution >= 4 is 21.9 Å². The Kier molecular flexibility index (Phi) is 4.08. The standard InChI is InChI=1S/C10H10BrFO3/c1-6(10(13)14-2)15-9-4-3-7(12)5-8(9)11/h3-6H,1-2H3/t6-/m1/s1. The minimum absolute atomic E-state index is 0.375. The third-order valence-electron chi connectivity index (χ3n) is 1.73. The zero-order valence-corrected chi connectivity index (χ0v) is 9.88. The third-order valence-corrected chi connectivity index (χ3v) is 2.35. The summed E-state index contributed by atoms with van der Waals surface area (Å²) in [5, 5.41) is 0. The van der Waals surface area contributed by atoms with Crippen LogP contribution in [0.3, 0.4) is 0 Å². The molecule has 0 radical (unpaired) electrons. The summed E-state index contributed by atoms with van der Waals surface area (Å²) in [6, 6.07) is 3.96. The highest BCUT2D eigenvalue weighted by atomic mass is 79.9. The molecule has 1 aromatic carbocycles. The number of benzene rings is 1. The van der Waals surface area contributed by atoms with Crippen LogP contribution in [-0.4, -0.2) is 19.2 Å². The van der Waals surface area contributed by atoms with Crippen LogP contribution in [0.1, 0.15) is 6.92 Å². The Hall–Kier alpha value is -1.10. The predicted octanol–water partition coefficient (Wildman–Crippen LogP) is 2.53. The van der Waals surface area contributed by atoms with E-state index in [2.05, 4.69) is 20.7 Å². The van der Waals surface area contributed by atoms with Crippen molar-refractivity contribution in [1.82, 2.24) is 0 Å². The lowest BCUT2D eigenvalue weighted by atomic mass is 10.3. The molecule has 0 spiro atoms. The molecule has 0 saturated carbocycles. The van der Waals surface area contributed by atoms with Gasteiger partial charge in [0.1, 0.15) is 11.6 Å². The van der Waals surface area contributed by atoms with Crippen LogP contribution in [0, 0.1) is 5.82 Å². The molecule has 0 aliphatic rings. The molecule has 3 nitrogen and oxygen atoms in total. The van der Waals surface area contributed by atoms with Crippen molar-refractivity contribution in [1.29, 1.82) is 0 Å². The number of halogens is 2. The van der Waals surface area contributed by atoms with Crippen molar-refractivity contribution < 1.29 is 18.7 Å². The van der Waals surface area contributed by atoms with Gasteiger partial charge in [0.25, 0.3) is 0 Å². The van der Waals surface area contributed by atoms with Crippen molar-refractivity contribution in [2.45, 2.75) is 13.0 Å². The van der Waals surface area contributed by atoms with Gasteiger partial charge in [-0.1, -0.05) is 0 Å². The summed E-state index contributed by atoms with van der Waals surface area (Å²) in [4.78, 5) is 11.1. The van der Waals surface area contributed by atoms with Gasteiger partial charge in [-0.05, 0) is 41.1 Å². The average Bonchev–Trinajstić information content (AvgIpc) is 2.20. The van der Waals surface area contributed by atoms with E-state index < -0.39 is 12.1 Å². The van der Waals surface area contributed by atoms with Crippen molar-refractivity contribution in [3.63, 3.8) is 0 Å². The number of methoxy groups -OCH3 is 1. The molecule has 82 valence electrons. The number of esters is 1. The molecule has 1 aromatic rings.